The maximum absolute atomic E-state index is 13.6. The lowest BCUT2D eigenvalue weighted by atomic mass is 9.98. The van der Waals surface area contributed by atoms with E-state index in [-0.39, 0.29) is 26.4 Å². The van der Waals surface area contributed by atoms with Crippen LogP contribution in [0.1, 0.15) is 27.7 Å². The van der Waals surface area contributed by atoms with Crippen molar-refractivity contribution in [3.05, 3.63) is 48.5 Å². The van der Waals surface area contributed by atoms with Crippen molar-refractivity contribution >= 4 is 57.5 Å². The summed E-state index contributed by atoms with van der Waals surface area (Å²) in [6.07, 6.45) is 0. The molecule has 13 nitrogen and oxygen atoms in total. The zero-order valence-electron chi connectivity index (χ0n) is 28.7. The molecule has 0 aromatic heterocycles. The molecule has 0 aliphatic carbocycles. The largest absolute Gasteiger partial charge is 0.462 e. The first-order valence-corrected chi connectivity index (χ1v) is 16.5. The molecule has 0 saturated carbocycles. The molecule has 0 spiro atoms. The topological polar surface area (TPSA) is 148 Å². The van der Waals surface area contributed by atoms with E-state index < -0.39 is 23.8 Å². The van der Waals surface area contributed by atoms with Crippen LogP contribution in [0.2, 0.25) is 0 Å². The molecule has 2 aliphatic heterocycles. The Morgan fingerprint density at radius 1 is 0.408 bits per heavy atom. The Hall–Kier alpha value is -4.14. The number of nitrogens with zero attached hydrogens (tertiary/aromatic N) is 4. The lowest BCUT2D eigenvalue weighted by Gasteiger charge is -2.19. The molecule has 2 aliphatic rings. The van der Waals surface area contributed by atoms with Gasteiger partial charge >= 0.3 is 11.9 Å². The van der Waals surface area contributed by atoms with Crippen molar-refractivity contribution in [1.29, 1.82) is 0 Å². The quantitative estimate of drug-likeness (QED) is 0.344. The highest BCUT2D eigenvalue weighted by atomic mass is 16.6. The molecule has 0 unspecified atom stereocenters. The third-order valence-electron chi connectivity index (χ3n) is 7.53. The van der Waals surface area contributed by atoms with Gasteiger partial charge in [0, 0.05) is 22.8 Å². The predicted molar refractivity (Wildman–Crippen MR) is 187 cm³/mol. The summed E-state index contributed by atoms with van der Waals surface area (Å²) in [4.78, 5) is 46.6. The molecule has 49 heavy (non-hydrogen) atoms. The van der Waals surface area contributed by atoms with E-state index in [0.717, 1.165) is 0 Å². The van der Waals surface area contributed by atoms with Crippen molar-refractivity contribution in [1.82, 2.24) is 0 Å². The molecular formula is C36H46N4O9. The molecule has 0 fully saturated rings. The number of hydrogen-bond donors (Lipinski definition) is 0. The predicted octanol–water partition coefficient (Wildman–Crippen LogP) is 5.19. The van der Waals surface area contributed by atoms with Crippen LogP contribution in [-0.2, 0) is 42.7 Å². The van der Waals surface area contributed by atoms with Gasteiger partial charge in [-0.3, -0.25) is 29.6 Å². The Morgan fingerprint density at radius 2 is 0.633 bits per heavy atom. The molecule has 0 saturated heterocycles. The van der Waals surface area contributed by atoms with E-state index in [0.29, 0.717) is 98.5 Å². The van der Waals surface area contributed by atoms with Crippen LogP contribution in [0, 0.1) is 11.8 Å². The highest BCUT2D eigenvalue weighted by molar-refractivity contribution is 6.22. The van der Waals surface area contributed by atoms with E-state index in [2.05, 4.69) is 0 Å². The first-order valence-electron chi connectivity index (χ1n) is 16.5. The number of para-hydroxylation sites is 4. The maximum atomic E-state index is 13.6. The summed E-state index contributed by atoms with van der Waals surface area (Å²) in [6, 6.07) is 14.5. The van der Waals surface area contributed by atoms with Gasteiger partial charge in [0.2, 0.25) is 0 Å². The lowest BCUT2D eigenvalue weighted by Crippen LogP contribution is -2.32. The second-order valence-corrected chi connectivity index (χ2v) is 11.3. The van der Waals surface area contributed by atoms with Gasteiger partial charge in [0.1, 0.15) is 25.0 Å². The molecule has 2 aromatic carbocycles. The van der Waals surface area contributed by atoms with E-state index in [9.17, 15) is 9.59 Å². The molecule has 0 radical (unpaired) electrons. The fraction of sp³-hybridized carbons (Fsp3) is 0.500. The number of hydrogen-bond acceptors (Lipinski definition) is 13. The monoisotopic (exact) mass is 678 g/mol. The van der Waals surface area contributed by atoms with Crippen molar-refractivity contribution in [2.75, 3.05) is 79.3 Å². The maximum Gasteiger partial charge on any atom is 0.320 e. The number of aliphatic imine (C=N–C) groups is 4. The minimum Gasteiger partial charge on any atom is -0.462 e. The molecule has 0 amide bonds. The van der Waals surface area contributed by atoms with Crippen LogP contribution in [0.25, 0.3) is 0 Å². The van der Waals surface area contributed by atoms with Gasteiger partial charge in [0.05, 0.1) is 88.8 Å². The van der Waals surface area contributed by atoms with Crippen LogP contribution in [0.15, 0.2) is 68.5 Å². The van der Waals surface area contributed by atoms with Crippen LogP contribution >= 0.6 is 0 Å². The van der Waals surface area contributed by atoms with Gasteiger partial charge in [-0.2, -0.15) is 0 Å². The van der Waals surface area contributed by atoms with E-state index in [1.165, 1.54) is 0 Å². The number of fused-ring (bicyclic) bond motifs is 3. The van der Waals surface area contributed by atoms with E-state index in [4.69, 9.17) is 53.1 Å². The molecular weight excluding hydrogens is 632 g/mol. The minimum atomic E-state index is -0.895. The van der Waals surface area contributed by atoms with Gasteiger partial charge < -0.3 is 33.2 Å². The third-order valence-corrected chi connectivity index (χ3v) is 7.53. The first-order chi connectivity index (χ1) is 23.8. The number of benzene rings is 2. The third kappa shape index (κ3) is 12.1. The summed E-state index contributed by atoms with van der Waals surface area (Å²) < 4.78 is 39.1. The van der Waals surface area contributed by atoms with Crippen LogP contribution in [-0.4, -0.2) is 114 Å². The summed E-state index contributed by atoms with van der Waals surface area (Å²) in [6.45, 7) is 10.6. The van der Waals surface area contributed by atoms with E-state index in [1.807, 2.05) is 24.3 Å². The van der Waals surface area contributed by atoms with Crippen molar-refractivity contribution in [3.63, 3.8) is 0 Å². The van der Waals surface area contributed by atoms with Crippen molar-refractivity contribution in [3.8, 4) is 0 Å². The van der Waals surface area contributed by atoms with Gasteiger partial charge in [-0.05, 0) is 52.0 Å². The highest BCUT2D eigenvalue weighted by Gasteiger charge is 2.29. The zero-order valence-corrected chi connectivity index (χ0v) is 28.7. The van der Waals surface area contributed by atoms with Crippen molar-refractivity contribution < 1.29 is 42.7 Å². The summed E-state index contributed by atoms with van der Waals surface area (Å²) in [5, 5.41) is 0. The second-order valence-electron chi connectivity index (χ2n) is 11.3. The number of carbonyl (C=O) groups is 2. The van der Waals surface area contributed by atoms with Crippen LogP contribution in [0.5, 0.6) is 0 Å². The summed E-state index contributed by atoms with van der Waals surface area (Å²) in [5.41, 5.74) is 3.89. The minimum absolute atomic E-state index is 0.0433. The Kier molecular flexibility index (Phi) is 15.7. The molecule has 0 N–H and O–H groups in total. The lowest BCUT2D eigenvalue weighted by molar-refractivity contribution is -0.146. The highest BCUT2D eigenvalue weighted by Crippen LogP contribution is 2.33. The molecule has 13 heteroatoms. The van der Waals surface area contributed by atoms with Gasteiger partial charge in [-0.1, -0.05) is 24.3 Å². The fourth-order valence-electron chi connectivity index (χ4n) is 5.16. The second kappa shape index (κ2) is 20.4. The number of ether oxygens (including phenoxy) is 7. The van der Waals surface area contributed by atoms with Crippen molar-refractivity contribution in [2.45, 2.75) is 27.7 Å². The number of carbonyl (C=O) groups excluding carboxylic acids is 2. The summed E-state index contributed by atoms with van der Waals surface area (Å²) in [5.74, 6) is -2.82. The number of rotatable bonds is 0. The van der Waals surface area contributed by atoms with E-state index in [1.54, 1.807) is 52.0 Å². The smallest absolute Gasteiger partial charge is 0.320 e. The Morgan fingerprint density at radius 3 is 0.878 bits per heavy atom. The molecule has 2 aromatic rings. The fourth-order valence-corrected chi connectivity index (χ4v) is 5.16. The van der Waals surface area contributed by atoms with Gasteiger partial charge in [0.25, 0.3) is 0 Å². The van der Waals surface area contributed by atoms with E-state index >= 15 is 0 Å². The SMILES string of the molecule is CC1=Nc2ccccc2N=C(C)C2C(=O)OCCOCCOCCOCCOCCOCCOC(=O)C1C(C)=Nc1ccccc1N=C2C. The molecule has 2 bridgehead atoms. The van der Waals surface area contributed by atoms with Gasteiger partial charge in [0.15, 0.2) is 0 Å². The zero-order chi connectivity index (χ0) is 34.8. The molecule has 4 rings (SSSR count). The van der Waals surface area contributed by atoms with Crippen LogP contribution in [0.3, 0.4) is 0 Å². The normalized spacial score (nSPS) is 22.2. The van der Waals surface area contributed by atoms with Crippen LogP contribution < -0.4 is 0 Å². The molecule has 2 heterocycles. The number of esters is 2. The summed E-state index contributed by atoms with van der Waals surface area (Å²) in [7, 11) is 0. The first kappa shape index (κ1) is 37.7. The average molecular weight is 679 g/mol. The van der Waals surface area contributed by atoms with Crippen LogP contribution in [0.4, 0.5) is 22.7 Å². The summed E-state index contributed by atoms with van der Waals surface area (Å²) >= 11 is 0. The standard InChI is InChI=1S/C36H46N4O9/c1-25-33-26(2)38-31-11-7-8-12-32(31)40-28(4)34(27(3)39-30-10-6-5-9-29(30)37-25)36(42)49-24-22-47-20-18-45-16-14-43-13-15-44-17-19-46-21-23-48-35(33)41/h5-12,33-34H,13-24H2,1-4H3. The molecule has 264 valence electrons. The van der Waals surface area contributed by atoms with Gasteiger partial charge in [-0.25, -0.2) is 0 Å². The Bertz CT molecular complexity index is 1330. The average Bonchev–Trinajstić information content (AvgIpc) is 3.07. The van der Waals surface area contributed by atoms with Gasteiger partial charge in [-0.15, -0.1) is 0 Å². The Labute approximate surface area is 287 Å². The Balaban J connectivity index is 1.71. The van der Waals surface area contributed by atoms with Crippen molar-refractivity contribution in [2.24, 2.45) is 31.8 Å². The molecule has 0 atom stereocenters. The number of cyclic esters (lactones) is 2.